The summed E-state index contributed by atoms with van der Waals surface area (Å²) in [5.74, 6) is 0.359. The number of hydrogen-bond donors (Lipinski definition) is 0. The van der Waals surface area contributed by atoms with Gasteiger partial charge in [-0.2, -0.15) is 0 Å². The fourth-order valence-corrected chi connectivity index (χ4v) is 4.25. The van der Waals surface area contributed by atoms with Gasteiger partial charge in [0.1, 0.15) is 11.2 Å². The van der Waals surface area contributed by atoms with E-state index in [1.54, 1.807) is 0 Å². The van der Waals surface area contributed by atoms with Gasteiger partial charge >= 0.3 is 0 Å². The molecule has 29 heavy (non-hydrogen) atoms. The van der Waals surface area contributed by atoms with Crippen LogP contribution in [0.4, 0.5) is 0 Å². The highest BCUT2D eigenvalue weighted by atomic mass is 16.3. The molecule has 1 aromatic heterocycles. The Bertz CT molecular complexity index is 1320. The molecule has 5 aromatic rings. The molecule has 0 aliphatic heterocycles. The Balaban J connectivity index is 1.72. The Labute approximate surface area is 171 Å². The van der Waals surface area contributed by atoms with Gasteiger partial charge in [-0.25, -0.2) is 0 Å². The molecule has 0 unspecified atom stereocenters. The summed E-state index contributed by atoms with van der Waals surface area (Å²) in [6.45, 7) is 6.61. The van der Waals surface area contributed by atoms with E-state index in [1.807, 2.05) is 6.07 Å². The van der Waals surface area contributed by atoms with Gasteiger partial charge in [0.05, 0.1) is 0 Å². The largest absolute Gasteiger partial charge is 0.456 e. The molecule has 4 aromatic carbocycles. The molecule has 1 nitrogen and oxygen atoms in total. The number of aryl methyl sites for hydroxylation is 1. The maximum atomic E-state index is 6.34. The molecule has 0 bridgehead atoms. The summed E-state index contributed by atoms with van der Waals surface area (Å²) >= 11 is 0. The van der Waals surface area contributed by atoms with E-state index in [9.17, 15) is 0 Å². The van der Waals surface area contributed by atoms with Crippen molar-refractivity contribution in [2.75, 3.05) is 0 Å². The van der Waals surface area contributed by atoms with Gasteiger partial charge < -0.3 is 4.42 Å². The average molecular weight is 376 g/mol. The normalized spacial score (nSPS) is 11.6. The first-order valence-electron chi connectivity index (χ1n) is 10.2. The second-order valence-corrected chi connectivity index (χ2v) is 8.10. The molecule has 142 valence electrons. The van der Waals surface area contributed by atoms with Crippen molar-refractivity contribution in [1.82, 2.24) is 0 Å². The minimum Gasteiger partial charge on any atom is -0.456 e. The third-order valence-corrected chi connectivity index (χ3v) is 5.72. The molecular weight excluding hydrogens is 352 g/mol. The quantitative estimate of drug-likeness (QED) is 0.308. The van der Waals surface area contributed by atoms with Crippen molar-refractivity contribution >= 4 is 21.9 Å². The number of fused-ring (bicyclic) bond motifs is 3. The van der Waals surface area contributed by atoms with Gasteiger partial charge in [-0.1, -0.05) is 86.1 Å². The van der Waals surface area contributed by atoms with E-state index in [0.717, 1.165) is 11.2 Å². The van der Waals surface area contributed by atoms with E-state index in [1.165, 1.54) is 44.2 Å². The van der Waals surface area contributed by atoms with Gasteiger partial charge in [-0.05, 0) is 53.3 Å². The van der Waals surface area contributed by atoms with Crippen LogP contribution in [0.15, 0.2) is 89.3 Å². The zero-order chi connectivity index (χ0) is 20.0. The number of hydrogen-bond acceptors (Lipinski definition) is 1. The van der Waals surface area contributed by atoms with Crippen LogP contribution in [-0.4, -0.2) is 0 Å². The van der Waals surface area contributed by atoms with E-state index < -0.39 is 0 Å². The molecule has 0 atom stereocenters. The Morgan fingerprint density at radius 3 is 2.21 bits per heavy atom. The lowest BCUT2D eigenvalue weighted by molar-refractivity contribution is 0.657. The SMILES string of the molecule is Cc1ccc(-c2cccc(-c3ccc4c(oc5ccccc54)c3C(C)C)c2)cc1. The molecule has 0 spiro atoms. The second-order valence-electron chi connectivity index (χ2n) is 8.10. The van der Waals surface area contributed by atoms with Gasteiger partial charge in [0, 0.05) is 16.3 Å². The molecule has 1 heterocycles. The van der Waals surface area contributed by atoms with Crippen LogP contribution in [0.2, 0.25) is 0 Å². The molecule has 1 heteroatoms. The standard InChI is InChI=1S/C28H24O/c1-18(2)27-23(15-16-25-24-9-4-5-10-26(24)29-28(25)27)22-8-6-7-21(17-22)20-13-11-19(3)12-14-20/h4-18H,1-3H3. The topological polar surface area (TPSA) is 13.1 Å². The van der Waals surface area contributed by atoms with Crippen molar-refractivity contribution in [3.63, 3.8) is 0 Å². The van der Waals surface area contributed by atoms with Crippen LogP contribution in [0.25, 0.3) is 44.2 Å². The fraction of sp³-hybridized carbons (Fsp3) is 0.143. The summed E-state index contributed by atoms with van der Waals surface area (Å²) < 4.78 is 6.34. The van der Waals surface area contributed by atoms with Gasteiger partial charge in [-0.15, -0.1) is 0 Å². The summed E-state index contributed by atoms with van der Waals surface area (Å²) in [6, 6.07) is 30.3. The summed E-state index contributed by atoms with van der Waals surface area (Å²) in [5.41, 5.74) is 9.49. The van der Waals surface area contributed by atoms with Crippen molar-refractivity contribution in [3.05, 3.63) is 96.1 Å². The van der Waals surface area contributed by atoms with E-state index in [2.05, 4.69) is 99.6 Å². The highest BCUT2D eigenvalue weighted by Gasteiger charge is 2.18. The first-order chi connectivity index (χ1) is 14.1. The third kappa shape index (κ3) is 3.03. The Morgan fingerprint density at radius 2 is 1.41 bits per heavy atom. The van der Waals surface area contributed by atoms with Gasteiger partial charge in [0.2, 0.25) is 0 Å². The Kier molecular flexibility index (Phi) is 4.24. The summed E-state index contributed by atoms with van der Waals surface area (Å²) in [6.07, 6.45) is 0. The number of para-hydroxylation sites is 1. The van der Waals surface area contributed by atoms with E-state index in [-0.39, 0.29) is 0 Å². The smallest absolute Gasteiger partial charge is 0.139 e. The predicted octanol–water partition coefficient (Wildman–Crippen LogP) is 8.35. The van der Waals surface area contributed by atoms with E-state index in [4.69, 9.17) is 4.42 Å². The number of rotatable bonds is 3. The van der Waals surface area contributed by atoms with Gasteiger partial charge in [-0.3, -0.25) is 0 Å². The maximum absolute atomic E-state index is 6.34. The van der Waals surface area contributed by atoms with Crippen LogP contribution >= 0.6 is 0 Å². The van der Waals surface area contributed by atoms with Crippen LogP contribution in [0.1, 0.15) is 30.9 Å². The predicted molar refractivity (Wildman–Crippen MR) is 123 cm³/mol. The molecule has 0 N–H and O–H groups in total. The second kappa shape index (κ2) is 6.93. The molecule has 0 saturated carbocycles. The summed E-state index contributed by atoms with van der Waals surface area (Å²) in [5, 5.41) is 2.38. The lowest BCUT2D eigenvalue weighted by Crippen LogP contribution is -1.94. The zero-order valence-electron chi connectivity index (χ0n) is 17.1. The highest BCUT2D eigenvalue weighted by molar-refractivity contribution is 6.07. The number of benzene rings is 4. The lowest BCUT2D eigenvalue weighted by Gasteiger charge is -2.15. The van der Waals surface area contributed by atoms with Gasteiger partial charge in [0.25, 0.3) is 0 Å². The molecule has 0 aliphatic rings. The van der Waals surface area contributed by atoms with Crippen LogP contribution in [0.3, 0.4) is 0 Å². The molecule has 0 amide bonds. The molecule has 0 saturated heterocycles. The van der Waals surface area contributed by atoms with Crippen LogP contribution in [0.5, 0.6) is 0 Å². The summed E-state index contributed by atoms with van der Waals surface area (Å²) in [7, 11) is 0. The first kappa shape index (κ1) is 17.8. The average Bonchev–Trinajstić information content (AvgIpc) is 3.12. The minimum atomic E-state index is 0.359. The van der Waals surface area contributed by atoms with Crippen LogP contribution < -0.4 is 0 Å². The molecule has 0 aliphatic carbocycles. The lowest BCUT2D eigenvalue weighted by atomic mass is 9.89. The number of furan rings is 1. The molecule has 5 rings (SSSR count). The van der Waals surface area contributed by atoms with Crippen molar-refractivity contribution in [2.45, 2.75) is 26.7 Å². The van der Waals surface area contributed by atoms with Crippen molar-refractivity contribution in [1.29, 1.82) is 0 Å². The van der Waals surface area contributed by atoms with Crippen LogP contribution in [-0.2, 0) is 0 Å². The van der Waals surface area contributed by atoms with Gasteiger partial charge in [0.15, 0.2) is 0 Å². The Hall–Kier alpha value is -3.32. The third-order valence-electron chi connectivity index (χ3n) is 5.72. The summed E-state index contributed by atoms with van der Waals surface area (Å²) in [4.78, 5) is 0. The molecule has 0 fully saturated rings. The van der Waals surface area contributed by atoms with E-state index >= 15 is 0 Å². The monoisotopic (exact) mass is 376 g/mol. The molecular formula is C28H24O. The van der Waals surface area contributed by atoms with Crippen LogP contribution in [0, 0.1) is 6.92 Å². The first-order valence-corrected chi connectivity index (χ1v) is 10.2. The minimum absolute atomic E-state index is 0.359. The van der Waals surface area contributed by atoms with Crippen molar-refractivity contribution < 1.29 is 4.42 Å². The fourth-order valence-electron chi connectivity index (χ4n) is 4.25. The highest BCUT2D eigenvalue weighted by Crippen LogP contribution is 2.40. The maximum Gasteiger partial charge on any atom is 0.139 e. The van der Waals surface area contributed by atoms with Crippen molar-refractivity contribution in [2.24, 2.45) is 0 Å². The Morgan fingerprint density at radius 1 is 0.655 bits per heavy atom. The zero-order valence-corrected chi connectivity index (χ0v) is 17.1. The van der Waals surface area contributed by atoms with Crippen molar-refractivity contribution in [3.8, 4) is 22.3 Å². The molecule has 0 radical (unpaired) electrons. The van der Waals surface area contributed by atoms with E-state index in [0.29, 0.717) is 5.92 Å².